The van der Waals surface area contributed by atoms with Crippen LogP contribution in [0, 0.1) is 5.41 Å². The quantitative estimate of drug-likeness (QED) is 0.229. The largest absolute Gasteiger partial charge is 0.318 e. The molecular formula is C34H32N2. The molecule has 1 heterocycles. The van der Waals surface area contributed by atoms with Gasteiger partial charge in [0.2, 0.25) is 0 Å². The molecule has 0 aliphatic rings. The first-order chi connectivity index (χ1) is 17.5. The van der Waals surface area contributed by atoms with Crippen molar-refractivity contribution in [2.75, 3.05) is 0 Å². The van der Waals surface area contributed by atoms with Crippen molar-refractivity contribution in [2.45, 2.75) is 26.3 Å². The first kappa shape index (κ1) is 23.6. The van der Waals surface area contributed by atoms with E-state index < -0.39 is 5.54 Å². The smallest absolute Gasteiger partial charge is 0.121 e. The molecular weight excluding hydrogens is 436 g/mol. The summed E-state index contributed by atoms with van der Waals surface area (Å²) in [5.74, 6) is 0. The molecule has 2 heteroatoms. The van der Waals surface area contributed by atoms with E-state index in [1.165, 1.54) is 27.8 Å². The predicted molar refractivity (Wildman–Crippen MR) is 151 cm³/mol. The Labute approximate surface area is 214 Å². The Bertz CT molecular complexity index is 1330. The van der Waals surface area contributed by atoms with Crippen LogP contribution < -0.4 is 0 Å². The highest BCUT2D eigenvalue weighted by Gasteiger charge is 2.38. The molecule has 36 heavy (non-hydrogen) atoms. The van der Waals surface area contributed by atoms with Crippen LogP contribution in [0.25, 0.3) is 11.6 Å². The Morgan fingerprint density at radius 3 is 1.44 bits per heavy atom. The minimum Gasteiger partial charge on any atom is -0.318 e. The van der Waals surface area contributed by atoms with Crippen molar-refractivity contribution in [2.24, 2.45) is 5.41 Å². The number of imidazole rings is 1. The van der Waals surface area contributed by atoms with Gasteiger partial charge in [0, 0.05) is 6.20 Å². The number of allylic oxidation sites excluding steroid dienone is 1. The second-order valence-electron chi connectivity index (χ2n) is 10.2. The van der Waals surface area contributed by atoms with E-state index in [1.54, 1.807) is 0 Å². The van der Waals surface area contributed by atoms with Crippen LogP contribution in [0.2, 0.25) is 0 Å². The van der Waals surface area contributed by atoms with Crippen LogP contribution in [0.3, 0.4) is 0 Å². The van der Waals surface area contributed by atoms with Gasteiger partial charge in [-0.15, -0.1) is 0 Å². The zero-order valence-electron chi connectivity index (χ0n) is 21.2. The molecule has 0 fully saturated rings. The van der Waals surface area contributed by atoms with Crippen LogP contribution >= 0.6 is 0 Å². The fourth-order valence-electron chi connectivity index (χ4n) is 5.08. The predicted octanol–water partition coefficient (Wildman–Crippen LogP) is 8.31. The van der Waals surface area contributed by atoms with Gasteiger partial charge in [-0.05, 0) is 39.3 Å². The molecule has 0 saturated heterocycles. The zero-order valence-corrected chi connectivity index (χ0v) is 21.2. The Hall–Kier alpha value is -4.17. The Kier molecular flexibility index (Phi) is 6.43. The summed E-state index contributed by atoms with van der Waals surface area (Å²) in [4.78, 5) is 4.92. The first-order valence-electron chi connectivity index (χ1n) is 12.5. The molecule has 0 amide bonds. The first-order valence-corrected chi connectivity index (χ1v) is 12.5. The topological polar surface area (TPSA) is 17.8 Å². The minimum atomic E-state index is -0.558. The molecule has 0 saturated carbocycles. The average molecular weight is 469 g/mol. The summed E-state index contributed by atoms with van der Waals surface area (Å²) >= 11 is 0. The van der Waals surface area contributed by atoms with Crippen molar-refractivity contribution in [3.8, 4) is 0 Å². The Balaban J connectivity index is 1.75. The fourth-order valence-corrected chi connectivity index (χ4v) is 5.08. The number of benzene rings is 4. The van der Waals surface area contributed by atoms with Crippen molar-refractivity contribution >= 4 is 11.6 Å². The number of hydrogen-bond donors (Lipinski definition) is 0. The number of hydrogen-bond acceptors (Lipinski definition) is 1. The molecule has 5 rings (SSSR count). The summed E-state index contributed by atoms with van der Waals surface area (Å²) in [6, 6.07) is 42.7. The van der Waals surface area contributed by atoms with Crippen LogP contribution in [0.4, 0.5) is 0 Å². The minimum absolute atomic E-state index is 0.0273. The lowest BCUT2D eigenvalue weighted by Crippen LogP contribution is -2.36. The van der Waals surface area contributed by atoms with Gasteiger partial charge in [0.05, 0.1) is 12.0 Å². The van der Waals surface area contributed by atoms with E-state index in [1.807, 2.05) is 6.33 Å². The summed E-state index contributed by atoms with van der Waals surface area (Å²) in [7, 11) is 0. The highest BCUT2D eigenvalue weighted by Crippen LogP contribution is 2.41. The maximum atomic E-state index is 4.92. The molecule has 5 aromatic rings. The maximum Gasteiger partial charge on any atom is 0.121 e. The Morgan fingerprint density at radius 1 is 0.611 bits per heavy atom. The standard InChI is InChI=1S/C34H32N2/c1-33(2,3)32(27-16-8-4-9-17-27)24-31-25-36(26-35-31)34(28-18-10-5-11-19-28,29-20-12-6-13-21-29)30-22-14-7-15-23-30/h4-26H,1-3H3/b32-24+. The van der Waals surface area contributed by atoms with Gasteiger partial charge >= 0.3 is 0 Å². The molecule has 0 atom stereocenters. The van der Waals surface area contributed by atoms with Crippen LogP contribution in [0.5, 0.6) is 0 Å². The van der Waals surface area contributed by atoms with Crippen LogP contribution in [-0.2, 0) is 5.54 Å². The van der Waals surface area contributed by atoms with Gasteiger partial charge in [-0.1, -0.05) is 142 Å². The lowest BCUT2D eigenvalue weighted by Gasteiger charge is -2.37. The van der Waals surface area contributed by atoms with E-state index in [0.29, 0.717) is 0 Å². The second kappa shape index (κ2) is 9.83. The summed E-state index contributed by atoms with van der Waals surface area (Å²) < 4.78 is 2.27. The van der Waals surface area contributed by atoms with E-state index >= 15 is 0 Å². The highest BCUT2D eigenvalue weighted by molar-refractivity contribution is 5.83. The fraction of sp³-hybridized carbons (Fsp3) is 0.147. The van der Waals surface area contributed by atoms with Crippen molar-refractivity contribution in [3.05, 3.63) is 162 Å². The van der Waals surface area contributed by atoms with E-state index in [0.717, 1.165) is 5.69 Å². The van der Waals surface area contributed by atoms with E-state index in [-0.39, 0.29) is 5.41 Å². The van der Waals surface area contributed by atoms with Gasteiger partial charge in [0.15, 0.2) is 0 Å². The third-order valence-corrected chi connectivity index (χ3v) is 6.75. The van der Waals surface area contributed by atoms with Gasteiger partial charge < -0.3 is 4.57 Å². The molecule has 0 aliphatic heterocycles. The van der Waals surface area contributed by atoms with Crippen LogP contribution in [0.1, 0.15) is 48.7 Å². The summed E-state index contributed by atoms with van der Waals surface area (Å²) in [5.41, 5.74) is 6.41. The van der Waals surface area contributed by atoms with Gasteiger partial charge in [-0.25, -0.2) is 4.98 Å². The maximum absolute atomic E-state index is 4.92. The Morgan fingerprint density at radius 2 is 1.03 bits per heavy atom. The van der Waals surface area contributed by atoms with Crippen molar-refractivity contribution < 1.29 is 0 Å². The molecule has 178 valence electrons. The average Bonchev–Trinajstić information content (AvgIpc) is 3.38. The van der Waals surface area contributed by atoms with Gasteiger partial charge in [0.1, 0.15) is 5.54 Å². The lowest BCUT2D eigenvalue weighted by atomic mass is 9.76. The van der Waals surface area contributed by atoms with Crippen molar-refractivity contribution in [3.63, 3.8) is 0 Å². The number of nitrogens with zero attached hydrogens (tertiary/aromatic N) is 2. The van der Waals surface area contributed by atoms with Crippen molar-refractivity contribution in [1.29, 1.82) is 0 Å². The van der Waals surface area contributed by atoms with Crippen molar-refractivity contribution in [1.82, 2.24) is 9.55 Å². The third kappa shape index (κ3) is 4.43. The second-order valence-corrected chi connectivity index (χ2v) is 10.2. The summed E-state index contributed by atoms with van der Waals surface area (Å²) in [6.45, 7) is 6.76. The highest BCUT2D eigenvalue weighted by atomic mass is 15.1. The van der Waals surface area contributed by atoms with Gasteiger partial charge in [0.25, 0.3) is 0 Å². The molecule has 4 aromatic carbocycles. The molecule has 0 radical (unpaired) electrons. The molecule has 0 spiro atoms. The molecule has 0 N–H and O–H groups in total. The number of aromatic nitrogens is 2. The summed E-state index contributed by atoms with van der Waals surface area (Å²) in [5, 5.41) is 0. The molecule has 2 nitrogen and oxygen atoms in total. The van der Waals surface area contributed by atoms with Crippen LogP contribution in [0.15, 0.2) is 134 Å². The van der Waals surface area contributed by atoms with Gasteiger partial charge in [-0.3, -0.25) is 0 Å². The molecule has 0 unspecified atom stereocenters. The zero-order chi connectivity index (χ0) is 25.0. The summed E-state index contributed by atoms with van der Waals surface area (Å²) in [6.07, 6.45) is 6.39. The monoisotopic (exact) mass is 468 g/mol. The third-order valence-electron chi connectivity index (χ3n) is 6.75. The molecule has 0 bridgehead atoms. The van der Waals surface area contributed by atoms with E-state index in [4.69, 9.17) is 4.98 Å². The van der Waals surface area contributed by atoms with E-state index in [2.05, 4.69) is 159 Å². The SMILES string of the molecule is CC(C)(C)/C(=C/c1cn(C(c2ccccc2)(c2ccccc2)c2ccccc2)cn1)c1ccccc1. The lowest BCUT2D eigenvalue weighted by molar-refractivity contribution is 0.514. The van der Waals surface area contributed by atoms with Gasteiger partial charge in [-0.2, -0.15) is 0 Å². The molecule has 0 aliphatic carbocycles. The van der Waals surface area contributed by atoms with Crippen LogP contribution in [-0.4, -0.2) is 9.55 Å². The number of rotatable bonds is 6. The molecule has 1 aromatic heterocycles. The van der Waals surface area contributed by atoms with E-state index in [9.17, 15) is 0 Å². The normalized spacial score (nSPS) is 12.5.